The Morgan fingerprint density at radius 1 is 1.18 bits per heavy atom. The molecule has 4 aromatic rings. The van der Waals surface area contributed by atoms with Gasteiger partial charge in [-0.3, -0.25) is 0 Å². The Labute approximate surface area is 161 Å². The molecule has 28 heavy (non-hydrogen) atoms. The van der Waals surface area contributed by atoms with E-state index in [0.29, 0.717) is 17.9 Å². The minimum atomic E-state index is -3.90. The molecule has 0 spiro atoms. The van der Waals surface area contributed by atoms with E-state index in [1.165, 1.54) is 12.1 Å². The number of nitrogens with one attached hydrogen (secondary N) is 1. The molecule has 0 radical (unpaired) electrons. The molecule has 0 saturated heterocycles. The highest BCUT2D eigenvalue weighted by atomic mass is 32.2. The first-order valence-corrected chi connectivity index (χ1v) is 10.3. The maximum Gasteiger partial charge on any atom is 0.274 e. The third-order valence-corrected chi connectivity index (χ3v) is 5.94. The number of hydrogen-bond donors (Lipinski definition) is 2. The lowest BCUT2D eigenvalue weighted by Gasteiger charge is -2.12. The zero-order chi connectivity index (χ0) is 19.9. The molecule has 0 aliphatic rings. The van der Waals surface area contributed by atoms with Gasteiger partial charge >= 0.3 is 0 Å². The number of rotatable bonds is 6. The number of sulfonamides is 1. The summed E-state index contributed by atoms with van der Waals surface area (Å²) in [6.45, 7) is 3.36. The van der Waals surface area contributed by atoms with E-state index in [2.05, 4.69) is 20.0 Å². The fourth-order valence-corrected chi connectivity index (χ4v) is 4.25. The lowest BCUT2D eigenvalue weighted by Crippen LogP contribution is -2.36. The molecule has 3 aromatic heterocycles. The minimum Gasteiger partial charge on any atom is -0.440 e. The number of furan rings is 1. The van der Waals surface area contributed by atoms with Gasteiger partial charge in [0.1, 0.15) is 0 Å². The molecule has 0 bridgehead atoms. The molecule has 4 rings (SSSR count). The summed E-state index contributed by atoms with van der Waals surface area (Å²) in [4.78, 5) is 0. The highest BCUT2D eigenvalue weighted by Crippen LogP contribution is 2.27. The summed E-state index contributed by atoms with van der Waals surface area (Å²) in [5, 5.41) is 23.7. The number of aryl methyl sites for hydroxylation is 1. The van der Waals surface area contributed by atoms with Gasteiger partial charge in [0.2, 0.25) is 10.9 Å². The highest BCUT2D eigenvalue weighted by Gasteiger charge is 2.24. The second-order valence-electron chi connectivity index (χ2n) is 6.42. The van der Waals surface area contributed by atoms with Crippen molar-refractivity contribution >= 4 is 26.4 Å². The van der Waals surface area contributed by atoms with Crippen LogP contribution in [0.4, 0.5) is 0 Å². The van der Waals surface area contributed by atoms with Crippen LogP contribution in [0.25, 0.3) is 28.0 Å². The van der Waals surface area contributed by atoms with Gasteiger partial charge in [-0.25, -0.2) is 13.1 Å². The zero-order valence-electron chi connectivity index (χ0n) is 15.3. The van der Waals surface area contributed by atoms with E-state index in [9.17, 15) is 13.5 Å². The minimum absolute atomic E-state index is 0.229. The molecule has 146 valence electrons. The second kappa shape index (κ2) is 6.97. The first kappa shape index (κ1) is 18.5. The first-order valence-electron chi connectivity index (χ1n) is 8.78. The Morgan fingerprint density at radius 3 is 2.64 bits per heavy atom. The number of aromatic nitrogens is 4. The SMILES string of the molecule is CCC(CO)NS(=O)(=O)c1ccc(-c2nnc3c4ccccc4c(C)nn23)o1. The molecule has 2 N–H and O–H groups in total. The summed E-state index contributed by atoms with van der Waals surface area (Å²) in [5.41, 5.74) is 1.35. The lowest BCUT2D eigenvalue weighted by atomic mass is 10.1. The van der Waals surface area contributed by atoms with Gasteiger partial charge in [0.25, 0.3) is 10.0 Å². The van der Waals surface area contributed by atoms with Crippen molar-refractivity contribution in [3.8, 4) is 11.6 Å². The highest BCUT2D eigenvalue weighted by molar-refractivity contribution is 7.89. The van der Waals surface area contributed by atoms with Crippen LogP contribution in [0, 0.1) is 6.92 Å². The quantitative estimate of drug-likeness (QED) is 0.506. The topological polar surface area (TPSA) is 123 Å². The monoisotopic (exact) mass is 401 g/mol. The van der Waals surface area contributed by atoms with Crippen molar-refractivity contribution in [3.63, 3.8) is 0 Å². The standard InChI is InChI=1S/C18H19N5O4S/c1-3-12(10-24)22-28(25,26)16-9-8-15(27-16)18-20-19-17-14-7-5-4-6-13(14)11(2)21-23(17)18/h4-9,12,22,24H,3,10H2,1-2H3. The molecule has 1 atom stereocenters. The summed E-state index contributed by atoms with van der Waals surface area (Å²) < 4.78 is 34.4. The molecule has 10 heteroatoms. The van der Waals surface area contributed by atoms with Gasteiger partial charge in [0.05, 0.1) is 12.3 Å². The fraction of sp³-hybridized carbons (Fsp3) is 0.278. The van der Waals surface area contributed by atoms with Crippen LogP contribution < -0.4 is 4.72 Å². The predicted octanol–water partition coefficient (Wildman–Crippen LogP) is 1.90. The predicted molar refractivity (Wildman–Crippen MR) is 102 cm³/mol. The molecule has 9 nitrogen and oxygen atoms in total. The number of aliphatic hydroxyl groups excluding tert-OH is 1. The van der Waals surface area contributed by atoms with Gasteiger partial charge in [-0.1, -0.05) is 31.2 Å². The third kappa shape index (κ3) is 3.05. The molecular weight excluding hydrogens is 382 g/mol. The van der Waals surface area contributed by atoms with Crippen molar-refractivity contribution in [1.82, 2.24) is 24.5 Å². The molecule has 0 amide bonds. The lowest BCUT2D eigenvalue weighted by molar-refractivity contribution is 0.253. The average molecular weight is 401 g/mol. The van der Waals surface area contributed by atoms with Gasteiger partial charge in [-0.2, -0.15) is 9.61 Å². The molecule has 0 saturated carbocycles. The van der Waals surface area contributed by atoms with Crippen molar-refractivity contribution < 1.29 is 17.9 Å². The van der Waals surface area contributed by atoms with Crippen LogP contribution in [0.2, 0.25) is 0 Å². The molecule has 0 aliphatic heterocycles. The second-order valence-corrected chi connectivity index (χ2v) is 8.06. The van der Waals surface area contributed by atoms with Gasteiger partial charge < -0.3 is 9.52 Å². The van der Waals surface area contributed by atoms with E-state index < -0.39 is 16.1 Å². The molecule has 1 aromatic carbocycles. The summed E-state index contributed by atoms with van der Waals surface area (Å²) in [7, 11) is -3.90. The van der Waals surface area contributed by atoms with E-state index >= 15 is 0 Å². The van der Waals surface area contributed by atoms with E-state index in [0.717, 1.165) is 16.5 Å². The van der Waals surface area contributed by atoms with Gasteiger partial charge in [-0.05, 0) is 25.5 Å². The summed E-state index contributed by atoms with van der Waals surface area (Å²) >= 11 is 0. The summed E-state index contributed by atoms with van der Waals surface area (Å²) in [6, 6.07) is 10.00. The van der Waals surface area contributed by atoms with Gasteiger partial charge in [0.15, 0.2) is 11.4 Å². The van der Waals surface area contributed by atoms with Crippen molar-refractivity contribution in [2.45, 2.75) is 31.4 Å². The number of fused-ring (bicyclic) bond motifs is 3. The number of benzene rings is 1. The molecule has 0 aliphatic carbocycles. The van der Waals surface area contributed by atoms with E-state index in [4.69, 9.17) is 4.42 Å². The van der Waals surface area contributed by atoms with Crippen LogP contribution in [-0.4, -0.2) is 46.0 Å². The summed E-state index contributed by atoms with van der Waals surface area (Å²) in [5.74, 6) is 0.534. The van der Waals surface area contributed by atoms with Crippen LogP contribution >= 0.6 is 0 Å². The molecule has 3 heterocycles. The van der Waals surface area contributed by atoms with Crippen molar-refractivity contribution in [2.75, 3.05) is 6.61 Å². The Kier molecular flexibility index (Phi) is 4.61. The van der Waals surface area contributed by atoms with Crippen molar-refractivity contribution in [2.24, 2.45) is 0 Å². The van der Waals surface area contributed by atoms with Gasteiger partial charge in [0, 0.05) is 16.8 Å². The van der Waals surface area contributed by atoms with Crippen LogP contribution in [0.5, 0.6) is 0 Å². The average Bonchev–Trinajstić information content (AvgIpc) is 3.34. The van der Waals surface area contributed by atoms with E-state index in [-0.39, 0.29) is 17.5 Å². The fourth-order valence-electron chi connectivity index (χ4n) is 3.01. The largest absolute Gasteiger partial charge is 0.440 e. The zero-order valence-corrected chi connectivity index (χ0v) is 16.1. The molecular formula is C18H19N5O4S. The van der Waals surface area contributed by atoms with Gasteiger partial charge in [-0.15, -0.1) is 10.2 Å². The molecule has 0 fully saturated rings. The number of aliphatic hydroxyl groups is 1. The maximum absolute atomic E-state index is 12.5. The third-order valence-electron chi connectivity index (χ3n) is 4.55. The van der Waals surface area contributed by atoms with Crippen LogP contribution in [0.15, 0.2) is 45.9 Å². The molecule has 1 unspecified atom stereocenters. The Balaban J connectivity index is 1.78. The first-order chi connectivity index (χ1) is 13.4. The summed E-state index contributed by atoms with van der Waals surface area (Å²) in [6.07, 6.45) is 0.453. The Hall–Kier alpha value is -2.82. The van der Waals surface area contributed by atoms with Crippen molar-refractivity contribution in [3.05, 3.63) is 42.1 Å². The number of hydrogen-bond acceptors (Lipinski definition) is 7. The smallest absolute Gasteiger partial charge is 0.274 e. The van der Waals surface area contributed by atoms with Crippen LogP contribution in [0.3, 0.4) is 0 Å². The Bertz CT molecular complexity index is 1260. The van der Waals surface area contributed by atoms with Crippen LogP contribution in [0.1, 0.15) is 19.0 Å². The van der Waals surface area contributed by atoms with Crippen LogP contribution in [-0.2, 0) is 10.0 Å². The normalized spacial score (nSPS) is 13.4. The maximum atomic E-state index is 12.5. The van der Waals surface area contributed by atoms with E-state index in [1.807, 2.05) is 31.2 Å². The Morgan fingerprint density at radius 2 is 1.93 bits per heavy atom. The van der Waals surface area contributed by atoms with E-state index in [1.54, 1.807) is 11.4 Å². The number of nitrogens with zero attached hydrogens (tertiary/aromatic N) is 4. The van der Waals surface area contributed by atoms with Crippen molar-refractivity contribution in [1.29, 1.82) is 0 Å².